The first-order valence-corrected chi connectivity index (χ1v) is 5.48. The summed E-state index contributed by atoms with van der Waals surface area (Å²) in [6, 6.07) is -0.412. The molecule has 0 aromatic carbocycles. The molecule has 0 unspecified atom stereocenters. The molecule has 3 nitrogen and oxygen atoms in total. The minimum atomic E-state index is -0.412. The van der Waals surface area contributed by atoms with Crippen LogP contribution in [0.5, 0.6) is 0 Å². The van der Waals surface area contributed by atoms with Crippen molar-refractivity contribution >= 4 is 35.1 Å². The van der Waals surface area contributed by atoms with Crippen LogP contribution in [0.4, 0.5) is 0 Å². The van der Waals surface area contributed by atoms with Crippen LogP contribution in [-0.2, 0) is 22.2 Å². The van der Waals surface area contributed by atoms with Crippen molar-refractivity contribution < 1.29 is 39.1 Å². The van der Waals surface area contributed by atoms with Crippen LogP contribution < -0.4 is 34.9 Å². The Morgan fingerprint density at radius 3 is 2.40 bits per heavy atom. The van der Waals surface area contributed by atoms with Gasteiger partial charge in [0.25, 0.3) is 0 Å². The number of carbonyl (C=O) groups excluding carboxylic acids is 1. The first-order chi connectivity index (χ1) is 6.52. The normalized spacial score (nSPS) is 13.3. The summed E-state index contributed by atoms with van der Waals surface area (Å²) in [7, 11) is 0. The van der Waals surface area contributed by atoms with Gasteiger partial charge in [0.05, 0.1) is 6.61 Å². The fourth-order valence-corrected chi connectivity index (χ4v) is 1.28. The Labute approximate surface area is 124 Å². The van der Waals surface area contributed by atoms with Crippen LogP contribution in [-0.4, -0.2) is 22.9 Å². The van der Waals surface area contributed by atoms with Crippen molar-refractivity contribution in [1.29, 1.82) is 0 Å². The standard InChI is InChI=1S/C9H17NO2S2.Na/c1-4-6(3)7(10-9(13)14)8(11)12-5-2;/h6-7H,4-5H2,1-3H3,(H2,10,13,14);/q;+1/p-1/t6-,7-;/m0./s1. The van der Waals surface area contributed by atoms with Gasteiger partial charge in [0.15, 0.2) is 0 Å². The molecule has 0 heterocycles. The van der Waals surface area contributed by atoms with Gasteiger partial charge in [0, 0.05) is 0 Å². The molecule has 0 spiro atoms. The number of rotatable bonds is 5. The fraction of sp³-hybridized carbons (Fsp3) is 0.778. The van der Waals surface area contributed by atoms with Gasteiger partial charge in [-0.05, 0) is 12.8 Å². The molecule has 15 heavy (non-hydrogen) atoms. The SMILES string of the molecule is CCOC(=O)[C@@H](NC(=S)[S-])[C@@H](C)CC.[Na+]. The van der Waals surface area contributed by atoms with Crippen molar-refractivity contribution in [2.45, 2.75) is 33.2 Å². The van der Waals surface area contributed by atoms with Gasteiger partial charge < -0.3 is 34.9 Å². The molecule has 0 aliphatic carbocycles. The van der Waals surface area contributed by atoms with Crippen LogP contribution in [0.2, 0.25) is 0 Å². The second kappa shape index (κ2) is 9.78. The van der Waals surface area contributed by atoms with Gasteiger partial charge in [0.1, 0.15) is 6.04 Å². The molecule has 0 bridgehead atoms. The Bertz CT molecular complexity index is 214. The molecule has 0 amide bonds. The fourth-order valence-electron chi connectivity index (χ4n) is 1.03. The molecule has 0 fully saturated rings. The number of nitrogens with one attached hydrogen (secondary N) is 1. The van der Waals surface area contributed by atoms with Gasteiger partial charge in [0.2, 0.25) is 0 Å². The zero-order valence-electron chi connectivity index (χ0n) is 9.70. The molecule has 0 saturated carbocycles. The van der Waals surface area contributed by atoms with Crippen LogP contribution in [0.15, 0.2) is 0 Å². The molecule has 0 aliphatic rings. The van der Waals surface area contributed by atoms with Crippen molar-refractivity contribution in [2.75, 3.05) is 6.61 Å². The minimum absolute atomic E-state index is 0. The van der Waals surface area contributed by atoms with E-state index >= 15 is 0 Å². The topological polar surface area (TPSA) is 38.3 Å². The Hall–Kier alpha value is 0.580. The summed E-state index contributed by atoms with van der Waals surface area (Å²) in [6.07, 6.45) is 0.869. The zero-order valence-corrected chi connectivity index (χ0v) is 13.3. The van der Waals surface area contributed by atoms with E-state index in [-0.39, 0.29) is 45.8 Å². The number of hydrogen-bond acceptors (Lipinski definition) is 4. The molecule has 1 N–H and O–H groups in total. The molecular weight excluding hydrogens is 241 g/mol. The average molecular weight is 257 g/mol. The molecule has 82 valence electrons. The molecule has 0 aromatic heterocycles. The van der Waals surface area contributed by atoms with Gasteiger partial charge in [-0.15, -0.1) is 0 Å². The molecule has 0 rings (SSSR count). The number of esters is 1. The summed E-state index contributed by atoms with van der Waals surface area (Å²) in [5.41, 5.74) is 0. The van der Waals surface area contributed by atoms with Gasteiger partial charge in [-0.3, -0.25) is 0 Å². The van der Waals surface area contributed by atoms with Crippen LogP contribution in [0, 0.1) is 5.92 Å². The summed E-state index contributed by atoms with van der Waals surface area (Å²) < 4.78 is 5.13. The van der Waals surface area contributed by atoms with E-state index in [2.05, 4.69) is 5.32 Å². The van der Waals surface area contributed by atoms with Gasteiger partial charge in [-0.25, -0.2) is 4.79 Å². The molecule has 0 aliphatic heterocycles. The smallest absolute Gasteiger partial charge is 0.464 e. The largest absolute Gasteiger partial charge is 1.00 e. The van der Waals surface area contributed by atoms with Crippen molar-refractivity contribution in [3.05, 3.63) is 0 Å². The molecule has 0 radical (unpaired) electrons. The monoisotopic (exact) mass is 257 g/mol. The first-order valence-electron chi connectivity index (χ1n) is 4.67. The van der Waals surface area contributed by atoms with E-state index in [9.17, 15) is 4.79 Å². The Morgan fingerprint density at radius 2 is 2.07 bits per heavy atom. The van der Waals surface area contributed by atoms with Gasteiger partial charge in [-0.1, -0.05) is 24.6 Å². The van der Waals surface area contributed by atoms with Crippen LogP contribution in [0.3, 0.4) is 0 Å². The van der Waals surface area contributed by atoms with Gasteiger partial charge in [-0.2, -0.15) is 0 Å². The second-order valence-corrected chi connectivity index (χ2v) is 4.12. The van der Waals surface area contributed by atoms with E-state index in [1.54, 1.807) is 6.92 Å². The van der Waals surface area contributed by atoms with Crippen molar-refractivity contribution in [1.82, 2.24) is 5.32 Å². The summed E-state index contributed by atoms with van der Waals surface area (Å²) in [6.45, 7) is 6.11. The molecule has 2 atom stereocenters. The van der Waals surface area contributed by atoms with E-state index in [4.69, 9.17) is 29.6 Å². The summed E-state index contributed by atoms with van der Waals surface area (Å²) >= 11 is 9.48. The third-order valence-electron chi connectivity index (χ3n) is 2.03. The van der Waals surface area contributed by atoms with E-state index in [0.717, 1.165) is 6.42 Å². The Balaban J connectivity index is 0. The minimum Gasteiger partial charge on any atom is -0.464 e. The summed E-state index contributed by atoms with van der Waals surface area (Å²) in [4.78, 5) is 11.5. The molecule has 0 aromatic rings. The van der Waals surface area contributed by atoms with E-state index in [1.807, 2.05) is 13.8 Å². The van der Waals surface area contributed by atoms with Crippen molar-refractivity contribution in [3.63, 3.8) is 0 Å². The van der Waals surface area contributed by atoms with E-state index in [0.29, 0.717) is 6.61 Å². The number of hydrogen-bond donors (Lipinski definition) is 1. The third-order valence-corrected chi connectivity index (χ3v) is 2.26. The maximum Gasteiger partial charge on any atom is 1.00 e. The number of carbonyl (C=O) groups is 1. The molecular formula is C9H16NNaO2S2. The first kappa shape index (κ1) is 18.0. The second-order valence-electron chi connectivity index (χ2n) is 3.05. The predicted octanol–water partition coefficient (Wildman–Crippen LogP) is -1.61. The summed E-state index contributed by atoms with van der Waals surface area (Å²) in [5.74, 6) is -0.121. The number of thiocarbonyl (C=S) groups is 1. The summed E-state index contributed by atoms with van der Waals surface area (Å²) in [5, 5.41) is 2.79. The average Bonchev–Trinajstić information content (AvgIpc) is 2.13. The Morgan fingerprint density at radius 1 is 1.53 bits per heavy atom. The zero-order chi connectivity index (χ0) is 11.1. The van der Waals surface area contributed by atoms with E-state index in [1.165, 1.54) is 0 Å². The van der Waals surface area contributed by atoms with Crippen LogP contribution in [0.25, 0.3) is 0 Å². The van der Waals surface area contributed by atoms with Crippen LogP contribution >= 0.6 is 12.2 Å². The van der Waals surface area contributed by atoms with Crippen molar-refractivity contribution in [3.8, 4) is 0 Å². The maximum absolute atomic E-state index is 11.5. The maximum atomic E-state index is 11.5. The van der Waals surface area contributed by atoms with Crippen LogP contribution in [0.1, 0.15) is 27.2 Å². The molecule has 6 heteroatoms. The predicted molar refractivity (Wildman–Crippen MR) is 63.0 cm³/mol. The van der Waals surface area contributed by atoms with Crippen molar-refractivity contribution in [2.24, 2.45) is 5.92 Å². The van der Waals surface area contributed by atoms with Gasteiger partial charge >= 0.3 is 35.5 Å². The molecule has 0 saturated heterocycles. The Kier molecular flexibility index (Phi) is 11.7. The quantitative estimate of drug-likeness (QED) is 0.278. The van der Waals surface area contributed by atoms with E-state index < -0.39 is 6.04 Å². The third kappa shape index (κ3) is 7.47. The number of ether oxygens (including phenoxy) is 1.